The minimum absolute atomic E-state index is 0.527. The fourth-order valence-corrected chi connectivity index (χ4v) is 2.76. The van der Waals surface area contributed by atoms with E-state index < -0.39 is 0 Å². The van der Waals surface area contributed by atoms with Crippen LogP contribution in [0.1, 0.15) is 12.5 Å². The van der Waals surface area contributed by atoms with Crippen LogP contribution in [-0.2, 0) is 6.42 Å². The molecule has 0 bridgehead atoms. The van der Waals surface area contributed by atoms with Gasteiger partial charge in [-0.25, -0.2) is 9.97 Å². The van der Waals surface area contributed by atoms with Crippen LogP contribution >= 0.6 is 22.9 Å². The summed E-state index contributed by atoms with van der Waals surface area (Å²) in [7, 11) is 0. The summed E-state index contributed by atoms with van der Waals surface area (Å²) in [6.45, 7) is 2.12. The van der Waals surface area contributed by atoms with Crippen LogP contribution in [-0.4, -0.2) is 9.97 Å². The summed E-state index contributed by atoms with van der Waals surface area (Å²) in [5.41, 5.74) is 2.15. The molecule has 18 heavy (non-hydrogen) atoms. The van der Waals surface area contributed by atoms with Crippen molar-refractivity contribution in [3.05, 3.63) is 46.4 Å². The van der Waals surface area contributed by atoms with Crippen molar-refractivity contribution in [2.45, 2.75) is 13.3 Å². The van der Waals surface area contributed by atoms with Gasteiger partial charge in [0.15, 0.2) is 5.82 Å². The molecule has 0 unspecified atom stereocenters. The topological polar surface area (TPSA) is 25.8 Å². The Morgan fingerprint density at radius 1 is 1.22 bits per heavy atom. The molecule has 3 aromatic rings. The van der Waals surface area contributed by atoms with E-state index in [0.29, 0.717) is 11.0 Å². The Balaban J connectivity index is 2.22. The van der Waals surface area contributed by atoms with Gasteiger partial charge in [-0.1, -0.05) is 30.7 Å². The molecular formula is C14H11ClN2S. The van der Waals surface area contributed by atoms with Gasteiger partial charge in [0.05, 0.1) is 10.4 Å². The predicted octanol–water partition coefficient (Wildman–Crippen LogP) is 4.57. The second-order valence-corrected chi connectivity index (χ2v) is 5.33. The molecule has 0 fully saturated rings. The Kier molecular flexibility index (Phi) is 3.02. The van der Waals surface area contributed by atoms with Gasteiger partial charge in [0, 0.05) is 5.39 Å². The summed E-state index contributed by atoms with van der Waals surface area (Å²) in [6.07, 6.45) is 0.985. The van der Waals surface area contributed by atoms with Gasteiger partial charge in [-0.3, -0.25) is 0 Å². The van der Waals surface area contributed by atoms with E-state index in [1.807, 2.05) is 23.6 Å². The average Bonchev–Trinajstić information content (AvgIpc) is 2.92. The fourth-order valence-electron chi connectivity index (χ4n) is 1.87. The number of fused-ring (bicyclic) bond motifs is 1. The van der Waals surface area contributed by atoms with Crippen molar-refractivity contribution < 1.29 is 0 Å². The molecule has 2 aromatic heterocycles. The number of benzene rings is 1. The lowest BCUT2D eigenvalue weighted by Crippen LogP contribution is -1.91. The molecule has 1 aromatic carbocycles. The largest absolute Gasteiger partial charge is 0.227 e. The Morgan fingerprint density at radius 2 is 2.11 bits per heavy atom. The second kappa shape index (κ2) is 4.67. The monoisotopic (exact) mass is 274 g/mol. The Labute approximate surface area is 114 Å². The lowest BCUT2D eigenvalue weighted by molar-refractivity contribution is 1.14. The highest BCUT2D eigenvalue weighted by Gasteiger charge is 2.08. The van der Waals surface area contributed by atoms with Crippen LogP contribution in [0.2, 0.25) is 5.15 Å². The van der Waals surface area contributed by atoms with Crippen LogP contribution in [0.25, 0.3) is 21.6 Å². The van der Waals surface area contributed by atoms with Crippen LogP contribution in [0.4, 0.5) is 0 Å². The molecule has 0 aliphatic rings. The minimum atomic E-state index is 0.527. The highest BCUT2D eigenvalue weighted by molar-refractivity contribution is 7.13. The van der Waals surface area contributed by atoms with E-state index in [4.69, 9.17) is 11.6 Å². The molecule has 0 saturated carbocycles. The highest BCUT2D eigenvalue weighted by atomic mass is 35.5. The molecule has 2 heterocycles. The number of halogens is 1. The number of aryl methyl sites for hydroxylation is 1. The summed E-state index contributed by atoms with van der Waals surface area (Å²) in [5.74, 6) is 0.701. The van der Waals surface area contributed by atoms with Gasteiger partial charge in [0.2, 0.25) is 0 Å². The SMILES string of the molecule is CCc1ccc2nc(-c3cccs3)nc(Cl)c2c1. The van der Waals surface area contributed by atoms with Crippen molar-refractivity contribution in [2.24, 2.45) is 0 Å². The van der Waals surface area contributed by atoms with Crippen molar-refractivity contribution in [1.29, 1.82) is 0 Å². The molecule has 4 heteroatoms. The number of thiophene rings is 1. The van der Waals surface area contributed by atoms with E-state index in [2.05, 4.69) is 29.0 Å². The first kappa shape index (κ1) is 11.6. The smallest absolute Gasteiger partial charge is 0.171 e. The number of nitrogens with zero attached hydrogens (tertiary/aromatic N) is 2. The molecule has 0 N–H and O–H groups in total. The van der Waals surface area contributed by atoms with E-state index in [9.17, 15) is 0 Å². The molecule has 0 spiro atoms. The molecule has 0 atom stereocenters. The summed E-state index contributed by atoms with van der Waals surface area (Å²) in [5, 5.41) is 3.46. The molecule has 0 aliphatic heterocycles. The second-order valence-electron chi connectivity index (χ2n) is 4.02. The normalized spacial score (nSPS) is 11.0. The molecule has 0 radical (unpaired) electrons. The van der Waals surface area contributed by atoms with Gasteiger partial charge in [-0.15, -0.1) is 11.3 Å². The van der Waals surface area contributed by atoms with Gasteiger partial charge >= 0.3 is 0 Å². The third-order valence-corrected chi connectivity index (χ3v) is 4.02. The third-order valence-electron chi connectivity index (χ3n) is 2.86. The number of aromatic nitrogens is 2. The maximum atomic E-state index is 6.26. The molecule has 0 saturated heterocycles. The first-order valence-electron chi connectivity index (χ1n) is 5.78. The fraction of sp³-hybridized carbons (Fsp3) is 0.143. The first-order valence-corrected chi connectivity index (χ1v) is 7.03. The lowest BCUT2D eigenvalue weighted by Gasteiger charge is -2.04. The zero-order valence-corrected chi connectivity index (χ0v) is 11.4. The maximum Gasteiger partial charge on any atom is 0.171 e. The molecular weight excluding hydrogens is 264 g/mol. The highest BCUT2D eigenvalue weighted by Crippen LogP contribution is 2.27. The van der Waals surface area contributed by atoms with Crippen molar-refractivity contribution in [2.75, 3.05) is 0 Å². The summed E-state index contributed by atoms with van der Waals surface area (Å²) in [4.78, 5) is 9.99. The quantitative estimate of drug-likeness (QED) is 0.640. The van der Waals surface area contributed by atoms with E-state index in [-0.39, 0.29) is 0 Å². The molecule has 0 amide bonds. The Morgan fingerprint density at radius 3 is 2.83 bits per heavy atom. The number of hydrogen-bond acceptors (Lipinski definition) is 3. The number of hydrogen-bond donors (Lipinski definition) is 0. The maximum absolute atomic E-state index is 6.26. The zero-order chi connectivity index (χ0) is 12.5. The van der Waals surface area contributed by atoms with Crippen LogP contribution in [0, 0.1) is 0 Å². The van der Waals surface area contributed by atoms with E-state index in [1.54, 1.807) is 11.3 Å². The van der Waals surface area contributed by atoms with Gasteiger partial charge in [-0.2, -0.15) is 0 Å². The Hall–Kier alpha value is -1.45. The van der Waals surface area contributed by atoms with Crippen LogP contribution in [0.3, 0.4) is 0 Å². The predicted molar refractivity (Wildman–Crippen MR) is 77.2 cm³/mol. The van der Waals surface area contributed by atoms with Crippen LogP contribution < -0.4 is 0 Å². The number of rotatable bonds is 2. The van der Waals surface area contributed by atoms with Crippen LogP contribution in [0.15, 0.2) is 35.7 Å². The van der Waals surface area contributed by atoms with E-state index in [0.717, 1.165) is 22.2 Å². The first-order chi connectivity index (χ1) is 8.78. The lowest BCUT2D eigenvalue weighted by atomic mass is 10.1. The summed E-state index contributed by atoms with van der Waals surface area (Å²) in [6, 6.07) is 10.2. The standard InChI is InChI=1S/C14H11ClN2S/c1-2-9-5-6-11-10(8-9)13(15)17-14(16-11)12-4-3-7-18-12/h3-8H,2H2,1H3. The Bertz CT molecular complexity index is 692. The van der Waals surface area contributed by atoms with Crippen molar-refractivity contribution >= 4 is 33.8 Å². The summed E-state index contributed by atoms with van der Waals surface area (Å²) >= 11 is 7.88. The van der Waals surface area contributed by atoms with Crippen molar-refractivity contribution in [3.8, 4) is 10.7 Å². The third kappa shape index (κ3) is 2.00. The van der Waals surface area contributed by atoms with Gasteiger partial charge < -0.3 is 0 Å². The minimum Gasteiger partial charge on any atom is -0.227 e. The van der Waals surface area contributed by atoms with Gasteiger partial charge in [-0.05, 0) is 35.6 Å². The summed E-state index contributed by atoms with van der Waals surface area (Å²) < 4.78 is 0. The average molecular weight is 275 g/mol. The molecule has 2 nitrogen and oxygen atoms in total. The van der Waals surface area contributed by atoms with E-state index >= 15 is 0 Å². The van der Waals surface area contributed by atoms with Gasteiger partial charge in [0.25, 0.3) is 0 Å². The zero-order valence-electron chi connectivity index (χ0n) is 9.85. The van der Waals surface area contributed by atoms with Crippen molar-refractivity contribution in [1.82, 2.24) is 9.97 Å². The van der Waals surface area contributed by atoms with Gasteiger partial charge in [0.1, 0.15) is 5.15 Å². The molecule has 3 rings (SSSR count). The van der Waals surface area contributed by atoms with E-state index in [1.165, 1.54) is 5.56 Å². The van der Waals surface area contributed by atoms with Crippen LogP contribution in [0.5, 0.6) is 0 Å². The van der Waals surface area contributed by atoms with Crippen molar-refractivity contribution in [3.63, 3.8) is 0 Å². The molecule has 90 valence electrons. The molecule has 0 aliphatic carbocycles.